The number of ether oxygens (including phenoxy) is 1. The van der Waals surface area contributed by atoms with Gasteiger partial charge in [-0.25, -0.2) is 0 Å². The van der Waals surface area contributed by atoms with E-state index in [2.05, 4.69) is 22.7 Å². The highest BCUT2D eigenvalue weighted by molar-refractivity contribution is 6.35. The van der Waals surface area contributed by atoms with Gasteiger partial charge in [0.2, 0.25) is 0 Å². The maximum Gasteiger partial charge on any atom is 0.269 e. The van der Waals surface area contributed by atoms with Crippen LogP contribution in [-0.2, 0) is 6.61 Å². The summed E-state index contributed by atoms with van der Waals surface area (Å²) in [4.78, 5) is 37.6. The van der Waals surface area contributed by atoms with Gasteiger partial charge in [-0.2, -0.15) is 0 Å². The Bertz CT molecular complexity index is 1710. The first-order chi connectivity index (χ1) is 21.9. The fourth-order valence-corrected chi connectivity index (χ4v) is 4.48. The van der Waals surface area contributed by atoms with Crippen molar-refractivity contribution in [3.63, 3.8) is 0 Å². The summed E-state index contributed by atoms with van der Waals surface area (Å²) in [7, 11) is 0. The summed E-state index contributed by atoms with van der Waals surface area (Å²) in [5.74, 6) is -0.972. The maximum absolute atomic E-state index is 12.8. The van der Waals surface area contributed by atoms with Crippen molar-refractivity contribution in [1.29, 1.82) is 0 Å². The lowest BCUT2D eigenvalue weighted by Crippen LogP contribution is -2.41. The minimum absolute atomic E-state index is 0.0421. The highest BCUT2D eigenvalue weighted by Gasteiger charge is 2.13. The Morgan fingerprint density at radius 3 is 1.96 bits per heavy atom. The summed E-state index contributed by atoms with van der Waals surface area (Å²) in [5.41, 5.74) is 7.91. The van der Waals surface area contributed by atoms with Gasteiger partial charge in [-0.05, 0) is 80.1 Å². The summed E-state index contributed by atoms with van der Waals surface area (Å²) in [5, 5.41) is 3.92. The number of amides is 3. The number of hydrogen-bond acceptors (Lipinski definition) is 4. The van der Waals surface area contributed by atoms with E-state index in [1.165, 1.54) is 24.3 Å². The van der Waals surface area contributed by atoms with Gasteiger partial charge in [-0.3, -0.25) is 25.2 Å². The van der Waals surface area contributed by atoms with Gasteiger partial charge in [0.15, 0.2) is 0 Å². The van der Waals surface area contributed by atoms with Gasteiger partial charge < -0.3 is 10.1 Å². The molecule has 0 aromatic heterocycles. The summed E-state index contributed by atoms with van der Waals surface area (Å²) in [6.07, 6.45) is 1.76. The molecule has 0 aliphatic carbocycles. The van der Waals surface area contributed by atoms with Crippen molar-refractivity contribution in [2.75, 3.05) is 5.32 Å². The van der Waals surface area contributed by atoms with E-state index in [1.54, 1.807) is 48.5 Å². The van der Waals surface area contributed by atoms with Crippen LogP contribution in [0.5, 0.6) is 5.75 Å². The Kier molecular flexibility index (Phi) is 14.2. The number of anilines is 1. The van der Waals surface area contributed by atoms with Crippen LogP contribution in [0, 0.1) is 0 Å². The molecule has 0 bridgehead atoms. The van der Waals surface area contributed by atoms with Gasteiger partial charge in [-0.15, -0.1) is 11.6 Å². The second kappa shape index (κ2) is 18.0. The Morgan fingerprint density at radius 1 is 0.783 bits per heavy atom. The van der Waals surface area contributed by atoms with Gasteiger partial charge in [0.05, 0.1) is 5.38 Å². The largest absolute Gasteiger partial charge is 0.489 e. The average molecular weight is 699 g/mol. The van der Waals surface area contributed by atoms with Crippen molar-refractivity contribution in [3.05, 3.63) is 153 Å². The second-order valence-corrected chi connectivity index (χ2v) is 11.9. The number of hydrogen-bond donors (Lipinski definition) is 3. The lowest BCUT2D eigenvalue weighted by Gasteiger charge is -2.11. The van der Waals surface area contributed by atoms with Crippen LogP contribution < -0.4 is 20.9 Å². The lowest BCUT2D eigenvalue weighted by atomic mass is 10.1. The normalized spacial score (nSPS) is 11.3. The molecule has 3 N–H and O–H groups in total. The predicted octanol–water partition coefficient (Wildman–Crippen LogP) is 9.21. The Morgan fingerprint density at radius 2 is 1.37 bits per heavy atom. The fraction of sp³-hybridized carbons (Fsp3) is 0.114. The molecule has 0 fully saturated rings. The first-order valence-electron chi connectivity index (χ1n) is 13.8. The standard InChI is InChI=1S/C28H21Cl2N3O4.C7H10Cl2/c29-22-12-21(13-23(30)16-22)28(36)33-32-27(35)19-8-4-10-24(14-19)31-26(34)20-9-5-11-25(15-20)37-17-18-6-2-1-3-7-18;1-5(7(3)9)4-6(2)8/h1-16H,17H2,(H,31,34)(H,32,35)(H,33,36);4,7H,2H2,1,3H3/b;5-4+. The quantitative estimate of drug-likeness (QED) is 0.0923. The molecule has 4 rings (SSSR count). The third kappa shape index (κ3) is 12.3. The van der Waals surface area contributed by atoms with E-state index in [0.717, 1.165) is 11.1 Å². The number of alkyl halides is 1. The topological polar surface area (TPSA) is 96.5 Å². The molecule has 11 heteroatoms. The van der Waals surface area contributed by atoms with E-state index < -0.39 is 11.8 Å². The van der Waals surface area contributed by atoms with Crippen LogP contribution in [0.1, 0.15) is 50.5 Å². The van der Waals surface area contributed by atoms with Gasteiger partial charge in [0.25, 0.3) is 17.7 Å². The van der Waals surface area contributed by atoms with Crippen LogP contribution in [-0.4, -0.2) is 23.1 Å². The summed E-state index contributed by atoms with van der Waals surface area (Å²) >= 11 is 23.0. The molecule has 0 saturated carbocycles. The molecule has 1 atom stereocenters. The molecule has 7 nitrogen and oxygen atoms in total. The lowest BCUT2D eigenvalue weighted by molar-refractivity contribution is 0.0846. The van der Waals surface area contributed by atoms with Crippen molar-refractivity contribution in [1.82, 2.24) is 10.9 Å². The Labute approximate surface area is 288 Å². The second-order valence-electron chi connectivity index (χ2n) is 9.85. The number of rotatable bonds is 9. The molecule has 0 spiro atoms. The van der Waals surface area contributed by atoms with Crippen molar-refractivity contribution in [3.8, 4) is 5.75 Å². The molecule has 3 amide bonds. The van der Waals surface area contributed by atoms with E-state index in [9.17, 15) is 14.4 Å². The molecule has 238 valence electrons. The number of benzene rings is 4. The molecule has 4 aromatic carbocycles. The van der Waals surface area contributed by atoms with Gasteiger partial charge in [0.1, 0.15) is 12.4 Å². The highest BCUT2D eigenvalue weighted by atomic mass is 35.5. The van der Waals surface area contributed by atoms with E-state index in [4.69, 9.17) is 51.1 Å². The van der Waals surface area contributed by atoms with Crippen LogP contribution in [0.4, 0.5) is 5.69 Å². The average Bonchev–Trinajstić information content (AvgIpc) is 3.02. The molecular weight excluding hydrogens is 668 g/mol. The van der Waals surface area contributed by atoms with E-state index in [1.807, 2.05) is 44.2 Å². The van der Waals surface area contributed by atoms with Crippen molar-refractivity contribution in [2.45, 2.75) is 25.8 Å². The highest BCUT2D eigenvalue weighted by Crippen LogP contribution is 2.20. The van der Waals surface area contributed by atoms with Crippen molar-refractivity contribution in [2.24, 2.45) is 0 Å². The SMILES string of the molecule is C=C(Cl)/C=C(\C)C(C)Cl.O=C(NNC(=O)c1cccc(NC(=O)c2cccc(OCc3ccccc3)c2)c1)c1cc(Cl)cc(Cl)c1. The summed E-state index contributed by atoms with van der Waals surface area (Å²) in [6.45, 7) is 7.70. The first-order valence-corrected chi connectivity index (χ1v) is 15.4. The number of carbonyl (C=O) groups is 3. The molecule has 0 aliphatic heterocycles. The van der Waals surface area contributed by atoms with Crippen LogP contribution in [0.25, 0.3) is 0 Å². The van der Waals surface area contributed by atoms with Crippen LogP contribution >= 0.6 is 46.4 Å². The molecule has 4 aromatic rings. The maximum atomic E-state index is 12.8. The van der Waals surface area contributed by atoms with E-state index in [-0.39, 0.29) is 22.4 Å². The Balaban J connectivity index is 0.000000559. The van der Waals surface area contributed by atoms with Crippen LogP contribution in [0.15, 0.2) is 120 Å². The number of halogens is 4. The molecule has 46 heavy (non-hydrogen) atoms. The molecule has 0 aliphatic rings. The van der Waals surface area contributed by atoms with Gasteiger partial charge in [-0.1, -0.05) is 89.4 Å². The molecular formula is C35H31Cl4N3O4. The third-order valence-corrected chi connectivity index (χ3v) is 7.04. The number of hydrazine groups is 1. The summed E-state index contributed by atoms with van der Waals surface area (Å²) in [6, 6.07) is 27.2. The van der Waals surface area contributed by atoms with Crippen LogP contribution in [0.3, 0.4) is 0 Å². The fourth-order valence-electron chi connectivity index (χ4n) is 3.71. The Hall–Kier alpha value is -4.27. The number of carbonyl (C=O) groups excluding carboxylic acids is 3. The van der Waals surface area contributed by atoms with Crippen molar-refractivity contribution >= 4 is 69.8 Å². The zero-order chi connectivity index (χ0) is 33.6. The number of allylic oxidation sites excluding steroid dienone is 3. The zero-order valence-electron chi connectivity index (χ0n) is 25.0. The summed E-state index contributed by atoms with van der Waals surface area (Å²) < 4.78 is 5.79. The predicted molar refractivity (Wildman–Crippen MR) is 187 cm³/mol. The van der Waals surface area contributed by atoms with Crippen LogP contribution in [0.2, 0.25) is 10.0 Å². The molecule has 1 unspecified atom stereocenters. The smallest absolute Gasteiger partial charge is 0.269 e. The number of nitrogens with one attached hydrogen (secondary N) is 3. The van der Waals surface area contributed by atoms with Gasteiger partial charge in [0, 0.05) is 37.5 Å². The van der Waals surface area contributed by atoms with Crippen molar-refractivity contribution < 1.29 is 19.1 Å². The van der Waals surface area contributed by atoms with E-state index in [0.29, 0.717) is 38.7 Å². The molecule has 0 saturated heterocycles. The molecule has 0 radical (unpaired) electrons. The zero-order valence-corrected chi connectivity index (χ0v) is 28.0. The molecule has 0 heterocycles. The first kappa shape index (κ1) is 36.2. The van der Waals surface area contributed by atoms with E-state index >= 15 is 0 Å². The minimum Gasteiger partial charge on any atom is -0.489 e. The third-order valence-electron chi connectivity index (χ3n) is 6.15. The minimum atomic E-state index is -0.587. The monoisotopic (exact) mass is 697 g/mol. The van der Waals surface area contributed by atoms with Gasteiger partial charge >= 0.3 is 0 Å².